The van der Waals surface area contributed by atoms with Crippen molar-refractivity contribution in [2.75, 3.05) is 5.88 Å². The molecule has 1 unspecified atom stereocenters. The molecule has 68 valence electrons. The van der Waals surface area contributed by atoms with Gasteiger partial charge in [-0.2, -0.15) is 8.75 Å². The summed E-state index contributed by atoms with van der Waals surface area (Å²) < 4.78 is 8.29. The van der Waals surface area contributed by atoms with Crippen molar-refractivity contribution in [3.63, 3.8) is 0 Å². The van der Waals surface area contributed by atoms with Crippen LogP contribution in [0.1, 0.15) is 19.0 Å². The van der Waals surface area contributed by atoms with Crippen molar-refractivity contribution in [3.8, 4) is 0 Å². The Labute approximate surface area is 86.0 Å². The van der Waals surface area contributed by atoms with Gasteiger partial charge in [-0.15, -0.1) is 11.6 Å². The van der Waals surface area contributed by atoms with Crippen molar-refractivity contribution in [1.82, 2.24) is 8.75 Å². The van der Waals surface area contributed by atoms with Crippen LogP contribution in [0.15, 0.2) is 5.03 Å². The van der Waals surface area contributed by atoms with Crippen molar-refractivity contribution < 1.29 is 0 Å². The quantitative estimate of drug-likeness (QED) is 0.579. The highest BCUT2D eigenvalue weighted by Crippen LogP contribution is 2.27. The Morgan fingerprint density at radius 3 is 2.75 bits per heavy atom. The minimum atomic E-state index is 0.467. The molecule has 1 aromatic heterocycles. The van der Waals surface area contributed by atoms with E-state index in [0.29, 0.717) is 11.1 Å². The maximum absolute atomic E-state index is 5.77. The SMILES string of the molecule is CCC(CCl)Sc1nsnc1C. The summed E-state index contributed by atoms with van der Waals surface area (Å²) in [6, 6.07) is 0. The van der Waals surface area contributed by atoms with Crippen LogP contribution in [0.25, 0.3) is 0 Å². The van der Waals surface area contributed by atoms with Crippen LogP contribution in [-0.2, 0) is 0 Å². The van der Waals surface area contributed by atoms with Crippen molar-refractivity contribution in [2.45, 2.75) is 30.5 Å². The lowest BCUT2D eigenvalue weighted by atomic mass is 10.4. The summed E-state index contributed by atoms with van der Waals surface area (Å²) in [6.45, 7) is 4.11. The molecule has 1 heterocycles. The smallest absolute Gasteiger partial charge is 0.133 e. The lowest BCUT2D eigenvalue weighted by molar-refractivity contribution is 0.907. The van der Waals surface area contributed by atoms with Gasteiger partial charge >= 0.3 is 0 Å². The van der Waals surface area contributed by atoms with Gasteiger partial charge in [0.2, 0.25) is 0 Å². The number of nitrogens with zero attached hydrogens (tertiary/aromatic N) is 2. The maximum Gasteiger partial charge on any atom is 0.133 e. The zero-order chi connectivity index (χ0) is 8.97. The molecule has 0 radical (unpaired) electrons. The molecule has 0 amide bonds. The van der Waals surface area contributed by atoms with Crippen LogP contribution in [0.5, 0.6) is 0 Å². The van der Waals surface area contributed by atoms with Gasteiger partial charge in [-0.1, -0.05) is 18.7 Å². The van der Waals surface area contributed by atoms with Crippen LogP contribution in [0, 0.1) is 6.92 Å². The first-order valence-corrected chi connectivity index (χ1v) is 5.94. The molecule has 1 aromatic rings. The Morgan fingerprint density at radius 1 is 1.58 bits per heavy atom. The van der Waals surface area contributed by atoms with Crippen LogP contribution in [0.3, 0.4) is 0 Å². The standard InChI is InChI=1S/C7H11ClN2S2/c1-3-6(4-8)11-7-5(2)9-12-10-7/h6H,3-4H2,1-2H3. The second kappa shape index (κ2) is 5.04. The first kappa shape index (κ1) is 10.3. The Bertz CT molecular complexity index is 235. The first-order valence-electron chi connectivity index (χ1n) is 3.79. The van der Waals surface area contributed by atoms with Gasteiger partial charge in [-0.25, -0.2) is 0 Å². The molecule has 2 nitrogen and oxygen atoms in total. The molecule has 0 saturated carbocycles. The monoisotopic (exact) mass is 222 g/mol. The summed E-state index contributed by atoms with van der Waals surface area (Å²) in [5, 5.41) is 1.50. The Morgan fingerprint density at radius 2 is 2.33 bits per heavy atom. The molecular formula is C7H11ClN2S2. The molecule has 5 heteroatoms. The summed E-state index contributed by atoms with van der Waals surface area (Å²) in [7, 11) is 0. The molecule has 12 heavy (non-hydrogen) atoms. The molecular weight excluding hydrogens is 212 g/mol. The van der Waals surface area contributed by atoms with Crippen LogP contribution in [0.2, 0.25) is 0 Å². The molecule has 1 rings (SSSR count). The van der Waals surface area contributed by atoms with Crippen LogP contribution in [-0.4, -0.2) is 19.9 Å². The Hall–Kier alpha value is 0.200. The summed E-state index contributed by atoms with van der Waals surface area (Å²) >= 11 is 8.76. The van der Waals surface area contributed by atoms with Gasteiger partial charge in [0, 0.05) is 11.1 Å². The minimum Gasteiger partial charge on any atom is -0.177 e. The van der Waals surface area contributed by atoms with E-state index in [1.165, 1.54) is 11.7 Å². The summed E-state index contributed by atoms with van der Waals surface area (Å²) in [6.07, 6.45) is 1.07. The van der Waals surface area contributed by atoms with Gasteiger partial charge in [0.1, 0.15) is 5.03 Å². The number of aromatic nitrogens is 2. The number of hydrogen-bond donors (Lipinski definition) is 0. The van der Waals surface area contributed by atoms with Gasteiger partial charge < -0.3 is 0 Å². The maximum atomic E-state index is 5.77. The molecule has 0 N–H and O–H groups in total. The largest absolute Gasteiger partial charge is 0.177 e. The molecule has 0 aliphatic carbocycles. The van der Waals surface area contributed by atoms with Gasteiger partial charge in [0.25, 0.3) is 0 Å². The van der Waals surface area contributed by atoms with Crippen molar-refractivity contribution in [2.24, 2.45) is 0 Å². The lowest BCUT2D eigenvalue weighted by Crippen LogP contribution is -2.02. The minimum absolute atomic E-state index is 0.467. The molecule has 0 bridgehead atoms. The fraction of sp³-hybridized carbons (Fsp3) is 0.714. The molecule has 0 saturated heterocycles. The van der Waals surface area contributed by atoms with Gasteiger partial charge in [-0.3, -0.25) is 0 Å². The van der Waals surface area contributed by atoms with Gasteiger partial charge in [0.15, 0.2) is 0 Å². The van der Waals surface area contributed by atoms with E-state index in [4.69, 9.17) is 11.6 Å². The summed E-state index contributed by atoms with van der Waals surface area (Å²) in [5.74, 6) is 0.679. The second-order valence-electron chi connectivity index (χ2n) is 2.46. The van der Waals surface area contributed by atoms with Gasteiger partial charge in [0.05, 0.1) is 17.4 Å². The topological polar surface area (TPSA) is 25.8 Å². The van der Waals surface area contributed by atoms with Crippen molar-refractivity contribution in [3.05, 3.63) is 5.69 Å². The average Bonchev–Trinajstić information content (AvgIpc) is 2.47. The Kier molecular flexibility index (Phi) is 4.32. The van der Waals surface area contributed by atoms with E-state index in [-0.39, 0.29) is 0 Å². The fourth-order valence-corrected chi connectivity index (χ4v) is 2.67. The highest BCUT2D eigenvalue weighted by atomic mass is 35.5. The predicted molar refractivity (Wildman–Crippen MR) is 55.3 cm³/mol. The number of thioether (sulfide) groups is 1. The third-order valence-electron chi connectivity index (χ3n) is 1.52. The van der Waals surface area contributed by atoms with Gasteiger partial charge in [-0.05, 0) is 13.3 Å². The molecule has 0 fully saturated rings. The van der Waals surface area contributed by atoms with Crippen LogP contribution in [0.4, 0.5) is 0 Å². The number of rotatable bonds is 4. The molecule has 0 aliphatic heterocycles. The zero-order valence-corrected chi connectivity index (χ0v) is 9.47. The molecule has 0 aromatic carbocycles. The third-order valence-corrected chi connectivity index (χ3v) is 4.25. The third kappa shape index (κ3) is 2.61. The van der Waals surface area contributed by atoms with E-state index in [1.54, 1.807) is 11.8 Å². The van der Waals surface area contributed by atoms with Crippen LogP contribution >= 0.6 is 35.1 Å². The molecule has 1 atom stereocenters. The fourth-order valence-electron chi connectivity index (χ4n) is 0.712. The zero-order valence-electron chi connectivity index (χ0n) is 7.08. The van der Waals surface area contributed by atoms with E-state index in [9.17, 15) is 0 Å². The van der Waals surface area contributed by atoms with E-state index in [2.05, 4.69) is 15.7 Å². The van der Waals surface area contributed by atoms with E-state index >= 15 is 0 Å². The highest BCUT2D eigenvalue weighted by Gasteiger charge is 2.11. The highest BCUT2D eigenvalue weighted by molar-refractivity contribution is 8.00. The first-order chi connectivity index (χ1) is 5.77. The summed E-state index contributed by atoms with van der Waals surface area (Å²) in [5.41, 5.74) is 1.02. The van der Waals surface area contributed by atoms with Crippen LogP contribution < -0.4 is 0 Å². The second-order valence-corrected chi connectivity index (χ2v) is 4.58. The number of hydrogen-bond acceptors (Lipinski definition) is 4. The number of aryl methyl sites for hydroxylation is 1. The lowest BCUT2D eigenvalue weighted by Gasteiger charge is -2.07. The Balaban J connectivity index is 2.56. The van der Waals surface area contributed by atoms with Crippen molar-refractivity contribution >= 4 is 35.1 Å². The molecule has 0 spiro atoms. The predicted octanol–water partition coefficient (Wildman–Crippen LogP) is 2.96. The van der Waals surface area contributed by atoms with E-state index in [1.807, 2.05) is 6.92 Å². The normalized spacial score (nSPS) is 13.2. The average molecular weight is 223 g/mol. The molecule has 0 aliphatic rings. The van der Waals surface area contributed by atoms with E-state index in [0.717, 1.165) is 17.1 Å². The van der Waals surface area contributed by atoms with E-state index < -0.39 is 0 Å². The summed E-state index contributed by atoms with van der Waals surface area (Å²) in [4.78, 5) is 0. The number of alkyl halides is 1. The van der Waals surface area contributed by atoms with Crippen molar-refractivity contribution in [1.29, 1.82) is 0 Å². The number of halogens is 1.